The van der Waals surface area contributed by atoms with Crippen molar-refractivity contribution in [3.63, 3.8) is 0 Å². The molecule has 0 fully saturated rings. The molecule has 0 atom stereocenters. The summed E-state index contributed by atoms with van der Waals surface area (Å²) >= 11 is 0. The number of carbonyl (C=O) groups excluding carboxylic acids is 2. The van der Waals surface area contributed by atoms with Gasteiger partial charge in [-0.2, -0.15) is 0 Å². The third-order valence-corrected chi connectivity index (χ3v) is 3.98. The number of hydrogen-bond donors (Lipinski definition) is 2. The van der Waals surface area contributed by atoms with E-state index in [1.165, 1.54) is 6.92 Å². The number of hydrogen-bond acceptors (Lipinski definition) is 6. The fourth-order valence-corrected chi connectivity index (χ4v) is 2.55. The summed E-state index contributed by atoms with van der Waals surface area (Å²) < 4.78 is 5.11. The summed E-state index contributed by atoms with van der Waals surface area (Å²) in [5.74, 6) is 1.32. The first-order chi connectivity index (χ1) is 13.4. The molecule has 0 saturated heterocycles. The Labute approximate surface area is 162 Å². The lowest BCUT2D eigenvalue weighted by molar-refractivity contribution is 0.101. The lowest BCUT2D eigenvalue weighted by Crippen LogP contribution is -2.15. The maximum atomic E-state index is 12.5. The van der Waals surface area contributed by atoms with E-state index in [-0.39, 0.29) is 17.4 Å². The van der Waals surface area contributed by atoms with Crippen molar-refractivity contribution in [2.24, 2.45) is 0 Å². The molecule has 1 amide bonds. The lowest BCUT2D eigenvalue weighted by Gasteiger charge is -2.10. The highest BCUT2D eigenvalue weighted by molar-refractivity contribution is 6.03. The zero-order valence-corrected chi connectivity index (χ0v) is 15.8. The number of amides is 1. The zero-order chi connectivity index (χ0) is 20.1. The van der Waals surface area contributed by atoms with Crippen LogP contribution in [0.2, 0.25) is 0 Å². The minimum atomic E-state index is -0.342. The van der Waals surface area contributed by atoms with Crippen LogP contribution in [0.15, 0.2) is 54.6 Å². The summed E-state index contributed by atoms with van der Waals surface area (Å²) in [6.45, 7) is 3.23. The normalized spacial score (nSPS) is 10.2. The second kappa shape index (κ2) is 8.30. The Morgan fingerprint density at radius 2 is 1.57 bits per heavy atom. The average molecular weight is 376 g/mol. The largest absolute Gasteiger partial charge is 0.497 e. The Morgan fingerprint density at radius 1 is 0.929 bits per heavy atom. The predicted octanol–water partition coefficient (Wildman–Crippen LogP) is 3.99. The number of ketones is 1. The van der Waals surface area contributed by atoms with Crippen LogP contribution >= 0.6 is 0 Å². The Hall–Kier alpha value is -3.74. The van der Waals surface area contributed by atoms with Gasteiger partial charge in [-0.1, -0.05) is 0 Å². The van der Waals surface area contributed by atoms with E-state index in [1.807, 2.05) is 0 Å². The maximum absolute atomic E-state index is 12.5. The van der Waals surface area contributed by atoms with Gasteiger partial charge in [0.1, 0.15) is 23.1 Å². The van der Waals surface area contributed by atoms with E-state index in [0.29, 0.717) is 28.6 Å². The van der Waals surface area contributed by atoms with Crippen molar-refractivity contribution in [2.45, 2.75) is 13.8 Å². The van der Waals surface area contributed by atoms with Crippen molar-refractivity contribution >= 4 is 28.9 Å². The average Bonchev–Trinajstić information content (AvgIpc) is 2.68. The van der Waals surface area contributed by atoms with Crippen LogP contribution in [-0.2, 0) is 0 Å². The first-order valence-corrected chi connectivity index (χ1v) is 8.64. The molecule has 7 nitrogen and oxygen atoms in total. The summed E-state index contributed by atoms with van der Waals surface area (Å²) in [4.78, 5) is 32.4. The number of Topliss-reactive ketones (excluding diaryl/α,β-unsaturated/α-hetero) is 1. The molecule has 2 N–H and O–H groups in total. The third-order valence-electron chi connectivity index (χ3n) is 3.98. The number of carbonyl (C=O) groups is 2. The van der Waals surface area contributed by atoms with Crippen LogP contribution in [0.25, 0.3) is 0 Å². The molecule has 3 aromatic rings. The molecule has 0 bridgehead atoms. The molecule has 1 heterocycles. The molecular formula is C21H20N4O3. The van der Waals surface area contributed by atoms with Gasteiger partial charge in [-0.05, 0) is 62.4 Å². The van der Waals surface area contributed by atoms with Gasteiger partial charge in [-0.3, -0.25) is 9.59 Å². The predicted molar refractivity (Wildman–Crippen MR) is 107 cm³/mol. The van der Waals surface area contributed by atoms with Gasteiger partial charge >= 0.3 is 0 Å². The van der Waals surface area contributed by atoms with Crippen molar-refractivity contribution in [3.8, 4) is 5.75 Å². The summed E-state index contributed by atoms with van der Waals surface area (Å²) in [6.07, 6.45) is 0. The number of rotatable bonds is 6. The smallest absolute Gasteiger partial charge is 0.274 e. The molecule has 3 rings (SSSR count). The molecule has 28 heavy (non-hydrogen) atoms. The Balaban J connectivity index is 1.76. The van der Waals surface area contributed by atoms with Gasteiger partial charge in [0, 0.05) is 23.0 Å². The van der Waals surface area contributed by atoms with Crippen LogP contribution in [0.4, 0.5) is 17.2 Å². The van der Waals surface area contributed by atoms with Crippen LogP contribution in [0, 0.1) is 6.92 Å². The van der Waals surface area contributed by atoms with Crippen molar-refractivity contribution < 1.29 is 14.3 Å². The molecular weight excluding hydrogens is 356 g/mol. The van der Waals surface area contributed by atoms with Crippen molar-refractivity contribution in [1.82, 2.24) is 9.97 Å². The SMILES string of the molecule is COc1ccc(NC(=O)c2cc(Nc3ccc(C(C)=O)cc3)nc(C)n2)cc1. The Kier molecular flexibility index (Phi) is 5.64. The van der Waals surface area contributed by atoms with Gasteiger partial charge in [-0.15, -0.1) is 0 Å². The Morgan fingerprint density at radius 3 is 2.18 bits per heavy atom. The van der Waals surface area contributed by atoms with Gasteiger partial charge in [0.15, 0.2) is 5.78 Å². The molecule has 2 aromatic carbocycles. The lowest BCUT2D eigenvalue weighted by atomic mass is 10.1. The van der Waals surface area contributed by atoms with Crippen LogP contribution in [0.3, 0.4) is 0 Å². The molecule has 0 spiro atoms. The standard InChI is InChI=1S/C21H20N4O3/c1-13(26)15-4-6-16(7-5-15)24-20-12-19(22-14(2)23-20)21(27)25-17-8-10-18(28-3)11-9-17/h4-12H,1-3H3,(H,25,27)(H,22,23,24). The molecule has 7 heteroatoms. The first kappa shape index (κ1) is 19.0. The number of nitrogens with zero attached hydrogens (tertiary/aromatic N) is 2. The van der Waals surface area contributed by atoms with Gasteiger partial charge < -0.3 is 15.4 Å². The third kappa shape index (κ3) is 4.70. The van der Waals surface area contributed by atoms with Crippen molar-refractivity contribution in [2.75, 3.05) is 17.7 Å². The van der Waals surface area contributed by atoms with Crippen LogP contribution in [0.5, 0.6) is 5.75 Å². The molecule has 1 aromatic heterocycles. The van der Waals surface area contributed by atoms with Crippen LogP contribution in [0.1, 0.15) is 33.6 Å². The minimum Gasteiger partial charge on any atom is -0.497 e. The highest BCUT2D eigenvalue weighted by Crippen LogP contribution is 2.19. The van der Waals surface area contributed by atoms with Gasteiger partial charge in [-0.25, -0.2) is 9.97 Å². The number of benzene rings is 2. The molecule has 0 radical (unpaired) electrons. The van der Waals surface area contributed by atoms with Crippen molar-refractivity contribution in [3.05, 3.63) is 71.7 Å². The van der Waals surface area contributed by atoms with E-state index >= 15 is 0 Å². The fourth-order valence-electron chi connectivity index (χ4n) is 2.55. The highest BCUT2D eigenvalue weighted by atomic mass is 16.5. The van der Waals surface area contributed by atoms with Gasteiger partial charge in [0.25, 0.3) is 5.91 Å². The molecule has 0 saturated carbocycles. The topological polar surface area (TPSA) is 93.2 Å². The van der Waals surface area contributed by atoms with Crippen LogP contribution in [-0.4, -0.2) is 28.8 Å². The highest BCUT2D eigenvalue weighted by Gasteiger charge is 2.11. The van der Waals surface area contributed by atoms with E-state index < -0.39 is 0 Å². The minimum absolute atomic E-state index is 0.00178. The monoisotopic (exact) mass is 376 g/mol. The fraction of sp³-hybridized carbons (Fsp3) is 0.143. The first-order valence-electron chi connectivity index (χ1n) is 8.64. The Bertz CT molecular complexity index is 999. The van der Waals surface area contributed by atoms with E-state index in [0.717, 1.165) is 5.69 Å². The van der Waals surface area contributed by atoms with E-state index in [1.54, 1.807) is 68.6 Å². The van der Waals surface area contributed by atoms with Gasteiger partial charge in [0.05, 0.1) is 7.11 Å². The quantitative estimate of drug-likeness (QED) is 0.632. The maximum Gasteiger partial charge on any atom is 0.274 e. The molecule has 0 aliphatic rings. The summed E-state index contributed by atoms with van der Waals surface area (Å²) in [5.41, 5.74) is 2.26. The molecule has 0 aliphatic carbocycles. The molecule has 0 unspecified atom stereocenters. The van der Waals surface area contributed by atoms with E-state index in [2.05, 4.69) is 20.6 Å². The number of methoxy groups -OCH3 is 1. The second-order valence-electron chi connectivity index (χ2n) is 6.13. The van der Waals surface area contributed by atoms with Crippen LogP contribution < -0.4 is 15.4 Å². The van der Waals surface area contributed by atoms with E-state index in [9.17, 15) is 9.59 Å². The summed E-state index contributed by atoms with van der Waals surface area (Å²) in [5, 5.41) is 5.92. The zero-order valence-electron chi connectivity index (χ0n) is 15.8. The summed E-state index contributed by atoms with van der Waals surface area (Å²) in [7, 11) is 1.58. The number of ether oxygens (including phenoxy) is 1. The number of nitrogens with one attached hydrogen (secondary N) is 2. The van der Waals surface area contributed by atoms with Crippen molar-refractivity contribution in [1.29, 1.82) is 0 Å². The second-order valence-corrected chi connectivity index (χ2v) is 6.13. The number of aryl methyl sites for hydroxylation is 1. The van der Waals surface area contributed by atoms with Gasteiger partial charge in [0.2, 0.25) is 0 Å². The summed E-state index contributed by atoms with van der Waals surface area (Å²) in [6, 6.07) is 15.6. The van der Waals surface area contributed by atoms with E-state index in [4.69, 9.17) is 4.74 Å². The number of anilines is 3. The molecule has 142 valence electrons. The molecule has 0 aliphatic heterocycles. The number of aromatic nitrogens is 2.